The standard InChI is InChI=1S/C23H18N2O2S/c26-23(20-8-4-5-9-22(20)27-19-6-2-1-3-7-19)25-15-17-10-12-24-21(14-17)18-11-13-28-16-18/h1-14,16H,15H2,(H,25,26). The summed E-state index contributed by atoms with van der Waals surface area (Å²) in [6.45, 7) is 0.415. The molecule has 0 unspecified atom stereocenters. The second-order valence-electron chi connectivity index (χ2n) is 6.16. The number of ether oxygens (including phenoxy) is 1. The van der Waals surface area contributed by atoms with Crippen molar-refractivity contribution in [2.24, 2.45) is 0 Å². The number of aromatic nitrogens is 1. The zero-order chi connectivity index (χ0) is 19.2. The van der Waals surface area contributed by atoms with Crippen molar-refractivity contribution in [1.82, 2.24) is 10.3 Å². The van der Waals surface area contributed by atoms with Gasteiger partial charge in [-0.2, -0.15) is 11.3 Å². The van der Waals surface area contributed by atoms with E-state index in [1.54, 1.807) is 29.7 Å². The van der Waals surface area contributed by atoms with Crippen LogP contribution < -0.4 is 10.1 Å². The Balaban J connectivity index is 1.47. The van der Waals surface area contributed by atoms with Gasteiger partial charge >= 0.3 is 0 Å². The van der Waals surface area contributed by atoms with Crippen molar-refractivity contribution in [1.29, 1.82) is 0 Å². The normalized spacial score (nSPS) is 10.4. The van der Waals surface area contributed by atoms with E-state index in [-0.39, 0.29) is 5.91 Å². The van der Waals surface area contributed by atoms with Gasteiger partial charge in [-0.15, -0.1) is 0 Å². The Morgan fingerprint density at radius 1 is 1.00 bits per heavy atom. The Morgan fingerprint density at radius 3 is 2.64 bits per heavy atom. The van der Waals surface area contributed by atoms with Gasteiger partial charge in [-0.05, 0) is 53.4 Å². The first kappa shape index (κ1) is 17.9. The molecular weight excluding hydrogens is 368 g/mol. The molecule has 0 aliphatic heterocycles. The number of thiophene rings is 1. The molecule has 0 saturated carbocycles. The van der Waals surface area contributed by atoms with Gasteiger partial charge < -0.3 is 10.1 Å². The lowest BCUT2D eigenvalue weighted by Gasteiger charge is -2.11. The fourth-order valence-electron chi connectivity index (χ4n) is 2.79. The molecule has 2 heterocycles. The molecule has 0 radical (unpaired) electrons. The Morgan fingerprint density at radius 2 is 1.82 bits per heavy atom. The van der Waals surface area contributed by atoms with E-state index in [0.29, 0.717) is 23.6 Å². The minimum Gasteiger partial charge on any atom is -0.457 e. The summed E-state index contributed by atoms with van der Waals surface area (Å²) in [6.07, 6.45) is 1.76. The highest BCUT2D eigenvalue weighted by molar-refractivity contribution is 7.08. The Hall–Kier alpha value is -3.44. The number of hydrogen-bond acceptors (Lipinski definition) is 4. The van der Waals surface area contributed by atoms with Crippen LogP contribution in [0.5, 0.6) is 11.5 Å². The number of benzene rings is 2. The third kappa shape index (κ3) is 4.27. The Kier molecular flexibility index (Phi) is 5.45. The van der Waals surface area contributed by atoms with Crippen molar-refractivity contribution in [2.45, 2.75) is 6.54 Å². The topological polar surface area (TPSA) is 51.2 Å². The Bertz CT molecular complexity index is 1060. The number of hydrogen-bond donors (Lipinski definition) is 1. The van der Waals surface area contributed by atoms with Gasteiger partial charge in [0, 0.05) is 23.7 Å². The summed E-state index contributed by atoms with van der Waals surface area (Å²) >= 11 is 1.63. The summed E-state index contributed by atoms with van der Waals surface area (Å²) in [4.78, 5) is 17.1. The molecule has 0 fully saturated rings. The first-order chi connectivity index (χ1) is 13.8. The molecule has 4 nitrogen and oxygen atoms in total. The van der Waals surface area contributed by atoms with Crippen molar-refractivity contribution in [3.8, 4) is 22.8 Å². The number of rotatable bonds is 6. The molecular formula is C23H18N2O2S. The summed E-state index contributed by atoms with van der Waals surface area (Å²) in [5.41, 5.74) is 3.48. The first-order valence-electron chi connectivity index (χ1n) is 8.87. The maximum atomic E-state index is 12.7. The van der Waals surface area contributed by atoms with Crippen LogP contribution in [0.25, 0.3) is 11.3 Å². The number of nitrogens with one attached hydrogen (secondary N) is 1. The van der Waals surface area contributed by atoms with Gasteiger partial charge in [0.1, 0.15) is 11.5 Å². The lowest BCUT2D eigenvalue weighted by atomic mass is 10.1. The number of carbonyl (C=O) groups is 1. The van der Waals surface area contributed by atoms with Gasteiger partial charge in [0.05, 0.1) is 11.3 Å². The van der Waals surface area contributed by atoms with Crippen LogP contribution >= 0.6 is 11.3 Å². The smallest absolute Gasteiger partial charge is 0.255 e. The van der Waals surface area contributed by atoms with E-state index >= 15 is 0 Å². The predicted octanol–water partition coefficient (Wildman–Crippen LogP) is 5.53. The highest BCUT2D eigenvalue weighted by Gasteiger charge is 2.13. The van der Waals surface area contributed by atoms with E-state index in [2.05, 4.69) is 15.7 Å². The van der Waals surface area contributed by atoms with E-state index in [1.807, 2.05) is 66.0 Å². The molecule has 2 aromatic heterocycles. The van der Waals surface area contributed by atoms with Crippen LogP contribution in [-0.2, 0) is 6.54 Å². The SMILES string of the molecule is O=C(NCc1ccnc(-c2ccsc2)c1)c1ccccc1Oc1ccccc1. The average molecular weight is 386 g/mol. The number of amides is 1. The van der Waals surface area contributed by atoms with Crippen LogP contribution in [0.2, 0.25) is 0 Å². The molecule has 0 bridgehead atoms. The third-order valence-electron chi connectivity index (χ3n) is 4.20. The maximum Gasteiger partial charge on any atom is 0.255 e. The fraction of sp³-hybridized carbons (Fsp3) is 0.0435. The molecule has 28 heavy (non-hydrogen) atoms. The largest absolute Gasteiger partial charge is 0.457 e. The first-order valence-corrected chi connectivity index (χ1v) is 9.81. The molecule has 4 rings (SSSR count). The Labute approximate surface area is 167 Å². The van der Waals surface area contributed by atoms with Crippen LogP contribution in [0.1, 0.15) is 15.9 Å². The van der Waals surface area contributed by atoms with Crippen molar-refractivity contribution in [2.75, 3.05) is 0 Å². The molecule has 0 saturated heterocycles. The summed E-state index contributed by atoms with van der Waals surface area (Å²) in [5, 5.41) is 7.05. The maximum absolute atomic E-state index is 12.7. The van der Waals surface area contributed by atoms with Crippen LogP contribution in [-0.4, -0.2) is 10.9 Å². The highest BCUT2D eigenvalue weighted by Crippen LogP contribution is 2.25. The molecule has 138 valence electrons. The van der Waals surface area contributed by atoms with Gasteiger partial charge in [-0.3, -0.25) is 9.78 Å². The molecule has 1 amide bonds. The molecule has 0 aliphatic carbocycles. The van der Waals surface area contributed by atoms with Crippen LogP contribution in [0.15, 0.2) is 89.8 Å². The van der Waals surface area contributed by atoms with Gasteiger partial charge in [-0.25, -0.2) is 0 Å². The number of nitrogens with zero attached hydrogens (tertiary/aromatic N) is 1. The van der Waals surface area contributed by atoms with Crippen molar-refractivity contribution in [3.05, 3.63) is 101 Å². The summed E-state index contributed by atoms with van der Waals surface area (Å²) < 4.78 is 5.88. The molecule has 0 atom stereocenters. The van der Waals surface area contributed by atoms with E-state index in [0.717, 1.165) is 16.8 Å². The van der Waals surface area contributed by atoms with Crippen molar-refractivity contribution in [3.63, 3.8) is 0 Å². The van der Waals surface area contributed by atoms with Crippen LogP contribution in [0, 0.1) is 0 Å². The second-order valence-corrected chi connectivity index (χ2v) is 6.94. The predicted molar refractivity (Wildman–Crippen MR) is 112 cm³/mol. The minimum atomic E-state index is -0.180. The zero-order valence-electron chi connectivity index (χ0n) is 15.0. The van der Waals surface area contributed by atoms with Crippen LogP contribution in [0.3, 0.4) is 0 Å². The highest BCUT2D eigenvalue weighted by atomic mass is 32.1. The average Bonchev–Trinajstić information content (AvgIpc) is 3.28. The lowest BCUT2D eigenvalue weighted by Crippen LogP contribution is -2.23. The number of pyridine rings is 1. The van der Waals surface area contributed by atoms with Gasteiger partial charge in [0.2, 0.25) is 0 Å². The third-order valence-corrected chi connectivity index (χ3v) is 4.88. The van der Waals surface area contributed by atoms with Gasteiger partial charge in [-0.1, -0.05) is 30.3 Å². The van der Waals surface area contributed by atoms with Crippen molar-refractivity contribution < 1.29 is 9.53 Å². The van der Waals surface area contributed by atoms with E-state index < -0.39 is 0 Å². The fourth-order valence-corrected chi connectivity index (χ4v) is 3.44. The summed E-state index contributed by atoms with van der Waals surface area (Å²) in [7, 11) is 0. The number of para-hydroxylation sites is 2. The molecule has 0 aliphatic rings. The summed E-state index contributed by atoms with van der Waals surface area (Å²) in [5.74, 6) is 1.04. The molecule has 4 aromatic rings. The monoisotopic (exact) mass is 386 g/mol. The van der Waals surface area contributed by atoms with E-state index in [9.17, 15) is 4.79 Å². The summed E-state index contributed by atoms with van der Waals surface area (Å²) in [6, 6.07) is 22.6. The van der Waals surface area contributed by atoms with Gasteiger partial charge in [0.25, 0.3) is 5.91 Å². The molecule has 2 aromatic carbocycles. The molecule has 5 heteroatoms. The second kappa shape index (κ2) is 8.50. The minimum absolute atomic E-state index is 0.180. The lowest BCUT2D eigenvalue weighted by molar-refractivity contribution is 0.0948. The van der Waals surface area contributed by atoms with E-state index in [1.165, 1.54) is 0 Å². The quantitative estimate of drug-likeness (QED) is 0.474. The number of carbonyl (C=O) groups excluding carboxylic acids is 1. The van der Waals surface area contributed by atoms with Crippen molar-refractivity contribution >= 4 is 17.2 Å². The zero-order valence-corrected chi connectivity index (χ0v) is 15.9. The molecule has 0 spiro atoms. The van der Waals surface area contributed by atoms with Gasteiger partial charge in [0.15, 0.2) is 0 Å². The van der Waals surface area contributed by atoms with E-state index in [4.69, 9.17) is 4.74 Å². The van der Waals surface area contributed by atoms with Crippen LogP contribution in [0.4, 0.5) is 0 Å². The molecule has 1 N–H and O–H groups in total.